The third kappa shape index (κ3) is 3.04. The average Bonchev–Trinajstić information content (AvgIpc) is 3.27. The standard InChI is InChI=1S/C30H40N2O6/c1-7-37-26(34)20(14-17(2)3)31-25(33)19-16-28-10-11-30(19,36-6)27-29(28)12-13-32(4)22(28)15-18-8-9-21(35-5)24(38-27)23(18)29/h8-11,17,19-20,22,27H,7,12-16H2,1-6H3,(H,31,33)/t19-,20-,22+,27-,28+,29-,30+/m0/s1. The van der Waals surface area contributed by atoms with Crippen LogP contribution in [0.15, 0.2) is 24.3 Å². The quantitative estimate of drug-likeness (QED) is 0.413. The number of amides is 1. The second-order valence-corrected chi connectivity index (χ2v) is 12.2. The maximum Gasteiger partial charge on any atom is 0.328 e. The topological polar surface area (TPSA) is 86.3 Å². The van der Waals surface area contributed by atoms with Gasteiger partial charge in [-0.25, -0.2) is 4.79 Å². The van der Waals surface area contributed by atoms with Crippen LogP contribution in [0.4, 0.5) is 0 Å². The van der Waals surface area contributed by atoms with Crippen molar-refractivity contribution in [2.24, 2.45) is 17.3 Å². The number of methoxy groups -OCH3 is 2. The van der Waals surface area contributed by atoms with Gasteiger partial charge in [-0.15, -0.1) is 0 Å². The summed E-state index contributed by atoms with van der Waals surface area (Å²) >= 11 is 0. The SMILES string of the molecule is CCOC(=O)[C@H](CC(C)C)NC(=O)[C@@H]1C[C@@]23C=C[C@]1(OC)[C@H]1Oc4c(OC)ccc5c4[C@@]12CCN(C)[C@@H]3C5. The van der Waals surface area contributed by atoms with Crippen LogP contribution in [0.25, 0.3) is 0 Å². The molecule has 1 saturated heterocycles. The zero-order valence-corrected chi connectivity index (χ0v) is 23.3. The Morgan fingerprint density at radius 3 is 2.71 bits per heavy atom. The van der Waals surface area contributed by atoms with Gasteiger partial charge in [-0.1, -0.05) is 32.1 Å². The zero-order valence-electron chi connectivity index (χ0n) is 23.3. The zero-order chi connectivity index (χ0) is 27.0. The molecular formula is C30H40N2O6. The van der Waals surface area contributed by atoms with E-state index in [0.29, 0.717) is 12.8 Å². The van der Waals surface area contributed by atoms with E-state index in [0.717, 1.165) is 30.9 Å². The molecule has 1 aromatic carbocycles. The number of carbonyl (C=O) groups is 2. The number of likely N-dealkylation sites (N-methyl/N-ethyl adjacent to an activating group) is 1. The predicted octanol–water partition coefficient (Wildman–Crippen LogP) is 3.01. The number of fused-ring (bicyclic) bond motifs is 1. The molecule has 4 bridgehead atoms. The van der Waals surface area contributed by atoms with E-state index in [4.69, 9.17) is 18.9 Å². The Bertz CT molecular complexity index is 1200. The molecule has 1 saturated carbocycles. The molecule has 2 aliphatic heterocycles. The molecule has 38 heavy (non-hydrogen) atoms. The van der Waals surface area contributed by atoms with Crippen molar-refractivity contribution < 1.29 is 28.5 Å². The van der Waals surface area contributed by atoms with Crippen molar-refractivity contribution in [3.63, 3.8) is 0 Å². The van der Waals surface area contributed by atoms with Crippen LogP contribution in [0.1, 0.15) is 51.2 Å². The largest absolute Gasteiger partial charge is 0.493 e. The highest BCUT2D eigenvalue weighted by Gasteiger charge is 2.79. The summed E-state index contributed by atoms with van der Waals surface area (Å²) in [5, 5.41) is 3.08. The molecule has 6 aliphatic rings. The van der Waals surface area contributed by atoms with E-state index in [-0.39, 0.29) is 47.4 Å². The van der Waals surface area contributed by atoms with E-state index in [1.807, 2.05) is 19.9 Å². The van der Waals surface area contributed by atoms with Crippen LogP contribution in [-0.4, -0.2) is 75.0 Å². The van der Waals surface area contributed by atoms with Crippen molar-refractivity contribution in [1.82, 2.24) is 10.2 Å². The normalized spacial score (nSPS) is 36.4. The van der Waals surface area contributed by atoms with Crippen molar-refractivity contribution in [2.75, 3.05) is 34.4 Å². The highest BCUT2D eigenvalue weighted by molar-refractivity contribution is 5.88. The van der Waals surface area contributed by atoms with E-state index < -0.39 is 17.6 Å². The molecule has 7 atom stereocenters. The minimum atomic E-state index is -0.970. The van der Waals surface area contributed by atoms with Gasteiger partial charge in [0.2, 0.25) is 5.91 Å². The predicted molar refractivity (Wildman–Crippen MR) is 141 cm³/mol. The van der Waals surface area contributed by atoms with Gasteiger partial charge in [0.05, 0.1) is 25.0 Å². The molecule has 2 fully saturated rings. The molecule has 8 heteroatoms. The van der Waals surface area contributed by atoms with Crippen LogP contribution in [0, 0.1) is 17.3 Å². The van der Waals surface area contributed by atoms with Gasteiger partial charge < -0.3 is 29.2 Å². The number of esters is 1. The Morgan fingerprint density at radius 1 is 1.24 bits per heavy atom. The monoisotopic (exact) mass is 524 g/mol. The summed E-state index contributed by atoms with van der Waals surface area (Å²) in [7, 11) is 5.55. The molecule has 0 radical (unpaired) electrons. The Labute approximate surface area is 225 Å². The van der Waals surface area contributed by atoms with Crippen molar-refractivity contribution in [1.29, 1.82) is 0 Å². The Hall–Kier alpha value is -2.58. The van der Waals surface area contributed by atoms with Gasteiger partial charge >= 0.3 is 5.97 Å². The van der Waals surface area contributed by atoms with E-state index in [1.54, 1.807) is 21.1 Å². The summed E-state index contributed by atoms with van der Waals surface area (Å²) in [5.41, 5.74) is 0.983. The van der Waals surface area contributed by atoms with Crippen LogP contribution in [0.3, 0.4) is 0 Å². The number of ether oxygens (including phenoxy) is 4. The van der Waals surface area contributed by atoms with E-state index >= 15 is 0 Å². The molecule has 4 aliphatic carbocycles. The van der Waals surface area contributed by atoms with Crippen molar-refractivity contribution >= 4 is 11.9 Å². The first-order valence-electron chi connectivity index (χ1n) is 14.0. The summed E-state index contributed by atoms with van der Waals surface area (Å²) in [4.78, 5) is 29.4. The van der Waals surface area contributed by atoms with Gasteiger partial charge in [-0.05, 0) is 63.7 Å². The number of likely N-dealkylation sites (tertiary alicyclic amines) is 1. The summed E-state index contributed by atoms with van der Waals surface area (Å²) in [5.74, 6) is 0.664. The second-order valence-electron chi connectivity index (χ2n) is 12.2. The molecule has 7 rings (SSSR count). The molecule has 2 heterocycles. The first-order chi connectivity index (χ1) is 18.2. The van der Waals surface area contributed by atoms with Crippen LogP contribution >= 0.6 is 0 Å². The lowest BCUT2D eigenvalue weighted by atomic mass is 9.37. The number of nitrogens with zero attached hydrogens (tertiary/aromatic N) is 1. The lowest BCUT2D eigenvalue weighted by molar-refractivity contribution is -0.214. The fourth-order valence-electron chi connectivity index (χ4n) is 8.70. The molecule has 0 unspecified atom stereocenters. The molecule has 1 N–H and O–H groups in total. The van der Waals surface area contributed by atoms with Gasteiger partial charge in [0.1, 0.15) is 17.7 Å². The molecule has 1 amide bonds. The van der Waals surface area contributed by atoms with E-state index in [1.165, 1.54) is 11.1 Å². The first-order valence-corrected chi connectivity index (χ1v) is 14.0. The van der Waals surface area contributed by atoms with Crippen LogP contribution in [-0.2, 0) is 30.9 Å². The third-order valence-corrected chi connectivity index (χ3v) is 10.2. The number of benzene rings is 1. The number of rotatable bonds is 8. The molecule has 2 spiro atoms. The van der Waals surface area contributed by atoms with Crippen LogP contribution < -0.4 is 14.8 Å². The molecule has 1 aromatic rings. The average molecular weight is 525 g/mol. The second kappa shape index (κ2) is 8.71. The number of hydrogen-bond donors (Lipinski definition) is 1. The maximum absolute atomic E-state index is 14.2. The fourth-order valence-corrected chi connectivity index (χ4v) is 8.70. The minimum absolute atomic E-state index is 0.179. The summed E-state index contributed by atoms with van der Waals surface area (Å²) in [6.45, 7) is 7.08. The van der Waals surface area contributed by atoms with Crippen LogP contribution in [0.5, 0.6) is 11.5 Å². The van der Waals surface area contributed by atoms with Gasteiger partial charge in [-0.2, -0.15) is 0 Å². The van der Waals surface area contributed by atoms with Crippen LogP contribution in [0.2, 0.25) is 0 Å². The number of piperidine rings is 1. The highest BCUT2D eigenvalue weighted by atomic mass is 16.6. The Balaban J connectivity index is 1.46. The maximum atomic E-state index is 14.2. The smallest absolute Gasteiger partial charge is 0.328 e. The lowest BCUT2D eigenvalue weighted by Gasteiger charge is -2.70. The Kier molecular flexibility index (Phi) is 5.89. The number of nitrogens with one attached hydrogen (secondary N) is 1. The summed E-state index contributed by atoms with van der Waals surface area (Å²) in [6.07, 6.45) is 7.02. The third-order valence-electron chi connectivity index (χ3n) is 10.2. The lowest BCUT2D eigenvalue weighted by Crippen LogP contribution is -2.80. The van der Waals surface area contributed by atoms with Gasteiger partial charge in [-0.3, -0.25) is 4.79 Å². The number of hydrogen-bond acceptors (Lipinski definition) is 7. The van der Waals surface area contributed by atoms with Crippen molar-refractivity contribution in [2.45, 2.75) is 75.7 Å². The van der Waals surface area contributed by atoms with Crippen molar-refractivity contribution in [3.05, 3.63) is 35.4 Å². The highest BCUT2D eigenvalue weighted by Crippen LogP contribution is 2.74. The summed E-state index contributed by atoms with van der Waals surface area (Å²) < 4.78 is 24.4. The molecule has 0 aromatic heterocycles. The van der Waals surface area contributed by atoms with Gasteiger partial charge in [0.15, 0.2) is 11.5 Å². The van der Waals surface area contributed by atoms with E-state index in [9.17, 15) is 9.59 Å². The fraction of sp³-hybridized carbons (Fsp3) is 0.667. The van der Waals surface area contributed by atoms with Gasteiger partial charge in [0, 0.05) is 24.1 Å². The van der Waals surface area contributed by atoms with Gasteiger partial charge in [0.25, 0.3) is 0 Å². The van der Waals surface area contributed by atoms with Crippen molar-refractivity contribution in [3.8, 4) is 11.5 Å². The number of carbonyl (C=O) groups excluding carboxylic acids is 2. The van der Waals surface area contributed by atoms with E-state index in [2.05, 4.69) is 35.5 Å². The summed E-state index contributed by atoms with van der Waals surface area (Å²) in [6, 6.07) is 3.72. The molecule has 206 valence electrons. The first kappa shape index (κ1) is 25.7. The molecular weight excluding hydrogens is 484 g/mol. The Morgan fingerprint density at radius 2 is 2.03 bits per heavy atom. The minimum Gasteiger partial charge on any atom is -0.493 e. The molecule has 8 nitrogen and oxygen atoms in total.